The molecule has 1 aliphatic heterocycles. The van der Waals surface area contributed by atoms with Crippen LogP contribution in [0.15, 0.2) is 42.6 Å². The standard InChI is InChI=1S/C16H22N4.ClH/c1-16(12-17)8-10-19(13-16)11-15-7-9-18-20(15)14-5-3-2-4-6-14;/h2-7,9H,8,10-13,17H2,1H3;1H. The Kier molecular flexibility index (Phi) is 5.04. The predicted molar refractivity (Wildman–Crippen MR) is 87.9 cm³/mol. The first-order chi connectivity index (χ1) is 9.70. The van der Waals surface area contributed by atoms with E-state index in [-0.39, 0.29) is 17.8 Å². The van der Waals surface area contributed by atoms with Crippen molar-refractivity contribution in [1.29, 1.82) is 0 Å². The van der Waals surface area contributed by atoms with Crippen LogP contribution in [-0.2, 0) is 6.54 Å². The van der Waals surface area contributed by atoms with Gasteiger partial charge in [0.25, 0.3) is 0 Å². The summed E-state index contributed by atoms with van der Waals surface area (Å²) in [6.07, 6.45) is 3.06. The zero-order valence-corrected chi connectivity index (χ0v) is 13.2. The topological polar surface area (TPSA) is 47.1 Å². The van der Waals surface area contributed by atoms with Crippen LogP contribution in [0.25, 0.3) is 5.69 Å². The Bertz CT molecular complexity index is 569. The van der Waals surface area contributed by atoms with Gasteiger partial charge in [0.1, 0.15) is 0 Å². The van der Waals surface area contributed by atoms with Crippen molar-refractivity contribution in [1.82, 2.24) is 14.7 Å². The Morgan fingerprint density at radius 3 is 2.67 bits per heavy atom. The molecular weight excluding hydrogens is 284 g/mol. The number of benzene rings is 1. The van der Waals surface area contributed by atoms with E-state index in [9.17, 15) is 0 Å². The molecule has 4 nitrogen and oxygen atoms in total. The van der Waals surface area contributed by atoms with Gasteiger partial charge >= 0.3 is 0 Å². The van der Waals surface area contributed by atoms with Gasteiger partial charge in [0.15, 0.2) is 0 Å². The lowest BCUT2D eigenvalue weighted by Crippen LogP contribution is -2.31. The Morgan fingerprint density at radius 1 is 1.24 bits per heavy atom. The quantitative estimate of drug-likeness (QED) is 0.944. The summed E-state index contributed by atoms with van der Waals surface area (Å²) in [5.41, 5.74) is 8.51. The van der Waals surface area contributed by atoms with Gasteiger partial charge in [-0.15, -0.1) is 12.4 Å². The monoisotopic (exact) mass is 306 g/mol. The highest BCUT2D eigenvalue weighted by Gasteiger charge is 2.32. The highest BCUT2D eigenvalue weighted by atomic mass is 35.5. The third-order valence-corrected chi connectivity index (χ3v) is 4.24. The molecule has 21 heavy (non-hydrogen) atoms. The first-order valence-corrected chi connectivity index (χ1v) is 7.21. The average Bonchev–Trinajstić information content (AvgIpc) is 3.08. The molecule has 114 valence electrons. The zero-order valence-electron chi connectivity index (χ0n) is 12.4. The summed E-state index contributed by atoms with van der Waals surface area (Å²) in [4.78, 5) is 2.48. The van der Waals surface area contributed by atoms with Crippen LogP contribution >= 0.6 is 12.4 Å². The van der Waals surface area contributed by atoms with Crippen LogP contribution in [0.5, 0.6) is 0 Å². The predicted octanol–water partition coefficient (Wildman–Crippen LogP) is 2.46. The lowest BCUT2D eigenvalue weighted by molar-refractivity contribution is 0.270. The number of halogens is 1. The molecule has 1 atom stereocenters. The van der Waals surface area contributed by atoms with Gasteiger partial charge in [-0.05, 0) is 43.1 Å². The Labute approximate surface area is 132 Å². The third-order valence-electron chi connectivity index (χ3n) is 4.24. The molecular formula is C16H23ClN4. The minimum atomic E-state index is 0. The second-order valence-electron chi connectivity index (χ2n) is 6.05. The Hall–Kier alpha value is -1.36. The zero-order chi connectivity index (χ0) is 14.0. The molecule has 0 aliphatic carbocycles. The molecule has 1 saturated heterocycles. The van der Waals surface area contributed by atoms with E-state index in [2.05, 4.69) is 35.1 Å². The molecule has 5 heteroatoms. The van der Waals surface area contributed by atoms with Crippen molar-refractivity contribution < 1.29 is 0 Å². The van der Waals surface area contributed by atoms with E-state index in [0.29, 0.717) is 0 Å². The van der Waals surface area contributed by atoms with E-state index in [1.165, 1.54) is 12.1 Å². The molecule has 0 radical (unpaired) electrons. The summed E-state index contributed by atoms with van der Waals surface area (Å²) in [7, 11) is 0. The van der Waals surface area contributed by atoms with Gasteiger partial charge in [-0.25, -0.2) is 4.68 Å². The highest BCUT2D eigenvalue weighted by molar-refractivity contribution is 5.85. The number of nitrogens with zero attached hydrogens (tertiary/aromatic N) is 3. The second kappa shape index (κ2) is 6.60. The SMILES string of the molecule is CC1(CN)CCN(Cc2ccnn2-c2ccccc2)C1.Cl. The molecule has 1 aromatic carbocycles. The van der Waals surface area contributed by atoms with E-state index in [0.717, 1.165) is 31.9 Å². The first kappa shape index (κ1) is 16.0. The maximum atomic E-state index is 5.88. The Balaban J connectivity index is 0.00000161. The number of hydrogen-bond acceptors (Lipinski definition) is 3. The number of hydrogen-bond donors (Lipinski definition) is 1. The normalized spacial score (nSPS) is 22.2. The fraction of sp³-hybridized carbons (Fsp3) is 0.438. The van der Waals surface area contributed by atoms with Crippen LogP contribution in [0.3, 0.4) is 0 Å². The van der Waals surface area contributed by atoms with Gasteiger partial charge in [-0.3, -0.25) is 4.90 Å². The van der Waals surface area contributed by atoms with Gasteiger partial charge < -0.3 is 5.73 Å². The highest BCUT2D eigenvalue weighted by Crippen LogP contribution is 2.29. The number of likely N-dealkylation sites (tertiary alicyclic amines) is 1. The minimum Gasteiger partial charge on any atom is -0.330 e. The van der Waals surface area contributed by atoms with Gasteiger partial charge in [-0.2, -0.15) is 5.10 Å². The molecule has 2 heterocycles. The van der Waals surface area contributed by atoms with Gasteiger partial charge in [0.05, 0.1) is 11.4 Å². The molecule has 2 aromatic rings. The van der Waals surface area contributed by atoms with Crippen LogP contribution in [0, 0.1) is 5.41 Å². The maximum absolute atomic E-state index is 5.88. The number of nitrogens with two attached hydrogens (primary N) is 1. The summed E-state index contributed by atoms with van der Waals surface area (Å²) in [5, 5.41) is 4.45. The largest absolute Gasteiger partial charge is 0.330 e. The average molecular weight is 307 g/mol. The van der Waals surface area contributed by atoms with Gasteiger partial charge in [0, 0.05) is 19.3 Å². The van der Waals surface area contributed by atoms with Crippen LogP contribution in [-0.4, -0.2) is 34.3 Å². The first-order valence-electron chi connectivity index (χ1n) is 7.21. The van der Waals surface area contributed by atoms with E-state index in [4.69, 9.17) is 5.73 Å². The van der Waals surface area contributed by atoms with E-state index in [1.807, 2.05) is 29.1 Å². The fourth-order valence-electron chi connectivity index (χ4n) is 2.91. The number of para-hydroxylation sites is 1. The minimum absolute atomic E-state index is 0. The summed E-state index contributed by atoms with van der Waals surface area (Å²) >= 11 is 0. The van der Waals surface area contributed by atoms with Crippen LogP contribution in [0.4, 0.5) is 0 Å². The summed E-state index contributed by atoms with van der Waals surface area (Å²) in [6.45, 7) is 6.17. The Morgan fingerprint density at radius 2 is 2.00 bits per heavy atom. The molecule has 2 N–H and O–H groups in total. The van der Waals surface area contributed by atoms with E-state index < -0.39 is 0 Å². The molecule has 1 fully saturated rings. The molecule has 0 bridgehead atoms. The fourth-order valence-corrected chi connectivity index (χ4v) is 2.91. The van der Waals surface area contributed by atoms with Crippen molar-refractivity contribution in [2.75, 3.05) is 19.6 Å². The molecule has 1 aromatic heterocycles. The molecule has 3 rings (SSSR count). The maximum Gasteiger partial charge on any atom is 0.0649 e. The van der Waals surface area contributed by atoms with Crippen LogP contribution in [0.1, 0.15) is 19.0 Å². The molecule has 1 aliphatic rings. The van der Waals surface area contributed by atoms with E-state index >= 15 is 0 Å². The number of rotatable bonds is 4. The summed E-state index contributed by atoms with van der Waals surface area (Å²) in [5.74, 6) is 0. The molecule has 0 amide bonds. The van der Waals surface area contributed by atoms with Crippen molar-refractivity contribution in [3.8, 4) is 5.69 Å². The number of aromatic nitrogens is 2. The van der Waals surface area contributed by atoms with Crippen molar-refractivity contribution in [2.45, 2.75) is 19.9 Å². The molecule has 0 saturated carbocycles. The van der Waals surface area contributed by atoms with E-state index in [1.54, 1.807) is 0 Å². The second-order valence-corrected chi connectivity index (χ2v) is 6.05. The smallest absolute Gasteiger partial charge is 0.0649 e. The van der Waals surface area contributed by atoms with Crippen molar-refractivity contribution in [3.63, 3.8) is 0 Å². The van der Waals surface area contributed by atoms with Crippen molar-refractivity contribution in [2.24, 2.45) is 11.1 Å². The third kappa shape index (κ3) is 3.46. The molecule has 1 unspecified atom stereocenters. The summed E-state index contributed by atoms with van der Waals surface area (Å²) in [6, 6.07) is 12.4. The van der Waals surface area contributed by atoms with Crippen LogP contribution < -0.4 is 5.73 Å². The van der Waals surface area contributed by atoms with Crippen molar-refractivity contribution in [3.05, 3.63) is 48.3 Å². The molecule has 0 spiro atoms. The van der Waals surface area contributed by atoms with Gasteiger partial charge in [0.2, 0.25) is 0 Å². The lowest BCUT2D eigenvalue weighted by Gasteiger charge is -2.22. The summed E-state index contributed by atoms with van der Waals surface area (Å²) < 4.78 is 2.03. The van der Waals surface area contributed by atoms with Crippen LogP contribution in [0.2, 0.25) is 0 Å². The lowest BCUT2D eigenvalue weighted by atomic mass is 9.90. The van der Waals surface area contributed by atoms with Gasteiger partial charge in [-0.1, -0.05) is 25.1 Å². The van der Waals surface area contributed by atoms with Crippen molar-refractivity contribution >= 4 is 12.4 Å².